The highest BCUT2D eigenvalue weighted by Gasteiger charge is 2.06. The van der Waals surface area contributed by atoms with E-state index in [9.17, 15) is 14.4 Å². The van der Waals surface area contributed by atoms with Gasteiger partial charge in [-0.15, -0.1) is 0 Å². The van der Waals surface area contributed by atoms with Crippen LogP contribution in [0.1, 0.15) is 22.3 Å². The van der Waals surface area contributed by atoms with Crippen LogP contribution in [0.3, 0.4) is 0 Å². The second kappa shape index (κ2) is 10.7. The largest absolute Gasteiger partial charge is 0.354 e. The van der Waals surface area contributed by atoms with Crippen molar-refractivity contribution < 1.29 is 14.4 Å². The zero-order valence-corrected chi connectivity index (χ0v) is 14.5. The Morgan fingerprint density at radius 2 is 1.23 bits per heavy atom. The maximum atomic E-state index is 11.8. The minimum atomic E-state index is -0.202. The first-order chi connectivity index (χ1) is 12.6. The van der Waals surface area contributed by atoms with Crippen LogP contribution >= 0.6 is 0 Å². The summed E-state index contributed by atoms with van der Waals surface area (Å²) in [6, 6.07) is 18.3. The first kappa shape index (κ1) is 19.2. The van der Waals surface area contributed by atoms with Gasteiger partial charge in [0, 0.05) is 31.6 Å². The molecule has 0 unspecified atom stereocenters. The van der Waals surface area contributed by atoms with Gasteiger partial charge in [-0.25, -0.2) is 0 Å². The van der Waals surface area contributed by atoms with Crippen molar-refractivity contribution >= 4 is 17.7 Å². The fourth-order valence-electron chi connectivity index (χ4n) is 2.32. The van der Waals surface area contributed by atoms with E-state index >= 15 is 0 Å². The van der Waals surface area contributed by atoms with Gasteiger partial charge in [-0.05, 0) is 17.7 Å². The van der Waals surface area contributed by atoms with Crippen molar-refractivity contribution in [3.8, 4) is 0 Å². The van der Waals surface area contributed by atoms with Crippen molar-refractivity contribution in [2.24, 2.45) is 0 Å². The maximum Gasteiger partial charge on any atom is 0.251 e. The van der Waals surface area contributed by atoms with Crippen molar-refractivity contribution in [1.29, 1.82) is 0 Å². The van der Waals surface area contributed by atoms with Gasteiger partial charge in [-0.2, -0.15) is 0 Å². The molecule has 0 saturated heterocycles. The average molecular weight is 353 g/mol. The van der Waals surface area contributed by atoms with Crippen molar-refractivity contribution in [3.63, 3.8) is 0 Å². The second-order valence-corrected chi connectivity index (χ2v) is 5.73. The molecule has 0 radical (unpaired) electrons. The lowest BCUT2D eigenvalue weighted by Crippen LogP contribution is -2.36. The summed E-state index contributed by atoms with van der Waals surface area (Å²) >= 11 is 0. The van der Waals surface area contributed by atoms with Gasteiger partial charge in [0.25, 0.3) is 5.91 Å². The van der Waals surface area contributed by atoms with E-state index in [0.29, 0.717) is 25.1 Å². The topological polar surface area (TPSA) is 87.3 Å². The minimum absolute atomic E-state index is 0.0828. The summed E-state index contributed by atoms with van der Waals surface area (Å²) in [4.78, 5) is 35.3. The molecule has 136 valence electrons. The Labute approximate surface area is 153 Å². The van der Waals surface area contributed by atoms with E-state index in [1.165, 1.54) is 0 Å². The molecule has 6 nitrogen and oxygen atoms in total. The lowest BCUT2D eigenvalue weighted by molar-refractivity contribution is -0.122. The Bertz CT molecular complexity index is 718. The normalized spacial score (nSPS) is 10.0. The summed E-state index contributed by atoms with van der Waals surface area (Å²) < 4.78 is 0. The van der Waals surface area contributed by atoms with Gasteiger partial charge in [0.15, 0.2) is 0 Å². The molecule has 0 bridgehead atoms. The lowest BCUT2D eigenvalue weighted by atomic mass is 10.1. The molecular weight excluding hydrogens is 330 g/mol. The smallest absolute Gasteiger partial charge is 0.251 e. The number of amides is 3. The number of benzene rings is 2. The van der Waals surface area contributed by atoms with Crippen LogP contribution < -0.4 is 16.0 Å². The van der Waals surface area contributed by atoms with Crippen LogP contribution in [-0.2, 0) is 16.0 Å². The van der Waals surface area contributed by atoms with E-state index in [4.69, 9.17) is 0 Å². The summed E-state index contributed by atoms with van der Waals surface area (Å²) in [5, 5.41) is 8.17. The SMILES string of the molecule is O=C(CCNC(=O)c1ccccc1)NCCNC(=O)Cc1ccccc1. The molecule has 0 aliphatic carbocycles. The van der Waals surface area contributed by atoms with E-state index in [1.54, 1.807) is 24.3 Å². The molecule has 0 aliphatic heterocycles. The Balaban J connectivity index is 1.53. The number of nitrogens with one attached hydrogen (secondary N) is 3. The highest BCUT2D eigenvalue weighted by atomic mass is 16.2. The monoisotopic (exact) mass is 353 g/mol. The molecule has 26 heavy (non-hydrogen) atoms. The first-order valence-electron chi connectivity index (χ1n) is 8.56. The van der Waals surface area contributed by atoms with E-state index in [-0.39, 0.29) is 30.7 Å². The zero-order chi connectivity index (χ0) is 18.6. The third kappa shape index (κ3) is 7.17. The fourth-order valence-corrected chi connectivity index (χ4v) is 2.32. The third-order valence-electron chi connectivity index (χ3n) is 3.65. The van der Waals surface area contributed by atoms with Crippen LogP contribution in [0.5, 0.6) is 0 Å². The molecule has 0 saturated carbocycles. The van der Waals surface area contributed by atoms with Gasteiger partial charge in [-0.1, -0.05) is 48.5 Å². The Hall–Kier alpha value is -3.15. The van der Waals surface area contributed by atoms with Crippen LogP contribution in [0.4, 0.5) is 0 Å². The van der Waals surface area contributed by atoms with E-state index in [1.807, 2.05) is 36.4 Å². The van der Waals surface area contributed by atoms with Crippen LogP contribution in [0, 0.1) is 0 Å². The highest BCUT2D eigenvalue weighted by Crippen LogP contribution is 1.99. The Morgan fingerprint density at radius 1 is 0.654 bits per heavy atom. The Morgan fingerprint density at radius 3 is 1.88 bits per heavy atom. The van der Waals surface area contributed by atoms with Gasteiger partial charge >= 0.3 is 0 Å². The second-order valence-electron chi connectivity index (χ2n) is 5.73. The quantitative estimate of drug-likeness (QED) is 0.594. The van der Waals surface area contributed by atoms with E-state index < -0.39 is 0 Å². The number of carbonyl (C=O) groups is 3. The van der Waals surface area contributed by atoms with E-state index in [2.05, 4.69) is 16.0 Å². The number of hydrogen-bond donors (Lipinski definition) is 3. The summed E-state index contributed by atoms with van der Waals surface area (Å²) in [5.74, 6) is -0.456. The standard InChI is InChI=1S/C20H23N3O3/c24-18(11-12-23-20(26)17-9-5-2-6-10-17)21-13-14-22-19(25)15-16-7-3-1-4-8-16/h1-10H,11-15H2,(H,21,24)(H,22,25)(H,23,26). The molecule has 0 spiro atoms. The van der Waals surface area contributed by atoms with Gasteiger partial charge in [-0.3, -0.25) is 14.4 Å². The van der Waals surface area contributed by atoms with Crippen LogP contribution in [0.2, 0.25) is 0 Å². The Kier molecular flexibility index (Phi) is 7.86. The van der Waals surface area contributed by atoms with Gasteiger partial charge < -0.3 is 16.0 Å². The molecule has 0 fully saturated rings. The van der Waals surface area contributed by atoms with Crippen molar-refractivity contribution in [2.75, 3.05) is 19.6 Å². The lowest BCUT2D eigenvalue weighted by Gasteiger charge is -2.08. The van der Waals surface area contributed by atoms with Gasteiger partial charge in [0.1, 0.15) is 0 Å². The summed E-state index contributed by atoms with van der Waals surface area (Å²) in [7, 11) is 0. The van der Waals surface area contributed by atoms with Crippen LogP contribution in [-0.4, -0.2) is 37.4 Å². The minimum Gasteiger partial charge on any atom is -0.354 e. The molecule has 0 atom stereocenters. The highest BCUT2D eigenvalue weighted by molar-refractivity contribution is 5.94. The predicted molar refractivity (Wildman–Crippen MR) is 99.6 cm³/mol. The molecule has 2 aromatic carbocycles. The summed E-state index contributed by atoms with van der Waals surface area (Å²) in [6.07, 6.45) is 0.511. The molecular formula is C20H23N3O3. The molecule has 0 heterocycles. The van der Waals surface area contributed by atoms with E-state index in [0.717, 1.165) is 5.56 Å². The fraction of sp³-hybridized carbons (Fsp3) is 0.250. The predicted octanol–water partition coefficient (Wildman–Crippen LogP) is 1.28. The van der Waals surface area contributed by atoms with Crippen LogP contribution in [0.25, 0.3) is 0 Å². The molecule has 0 aromatic heterocycles. The molecule has 2 aromatic rings. The van der Waals surface area contributed by atoms with Crippen molar-refractivity contribution in [3.05, 3.63) is 71.8 Å². The van der Waals surface area contributed by atoms with Gasteiger partial charge in [0.05, 0.1) is 6.42 Å². The number of hydrogen-bond acceptors (Lipinski definition) is 3. The summed E-state index contributed by atoms with van der Waals surface area (Å²) in [6.45, 7) is 0.986. The molecule has 6 heteroatoms. The van der Waals surface area contributed by atoms with Crippen molar-refractivity contribution in [2.45, 2.75) is 12.8 Å². The summed E-state index contributed by atoms with van der Waals surface area (Å²) in [5.41, 5.74) is 1.51. The first-order valence-corrected chi connectivity index (χ1v) is 8.56. The zero-order valence-electron chi connectivity index (χ0n) is 14.5. The van der Waals surface area contributed by atoms with Crippen LogP contribution in [0.15, 0.2) is 60.7 Å². The maximum absolute atomic E-state index is 11.8. The van der Waals surface area contributed by atoms with Crippen molar-refractivity contribution in [1.82, 2.24) is 16.0 Å². The molecule has 3 amide bonds. The number of carbonyl (C=O) groups excluding carboxylic acids is 3. The third-order valence-corrected chi connectivity index (χ3v) is 3.65. The molecule has 2 rings (SSSR count). The average Bonchev–Trinajstić information content (AvgIpc) is 2.66. The number of rotatable bonds is 9. The molecule has 0 aliphatic rings. The van der Waals surface area contributed by atoms with Gasteiger partial charge in [0.2, 0.25) is 11.8 Å². The molecule has 3 N–H and O–H groups in total.